The van der Waals surface area contributed by atoms with Crippen LogP contribution < -0.4 is 9.47 Å². The zero-order chi connectivity index (χ0) is 16.9. The third-order valence-electron chi connectivity index (χ3n) is 4.22. The van der Waals surface area contributed by atoms with Crippen LogP contribution in [0.3, 0.4) is 0 Å². The second-order valence-corrected chi connectivity index (χ2v) is 7.09. The number of fused-ring (bicyclic) bond motifs is 1. The third kappa shape index (κ3) is 4.14. The van der Waals surface area contributed by atoms with Gasteiger partial charge in [-0.05, 0) is 31.0 Å². The normalized spacial score (nSPS) is 19.8. The number of benzene rings is 1. The first-order valence-electron chi connectivity index (χ1n) is 8.16. The first-order valence-corrected chi connectivity index (χ1v) is 9.15. The molecule has 1 saturated heterocycles. The van der Waals surface area contributed by atoms with Crippen molar-refractivity contribution in [3.63, 3.8) is 0 Å². The number of hydrogen-bond acceptors (Lipinski definition) is 5. The molecule has 1 amide bonds. The number of nitrogens with zero attached hydrogens (tertiary/aromatic N) is 1. The number of carboxylic acid groups (broad SMARTS) is 1. The molecule has 24 heavy (non-hydrogen) atoms. The van der Waals surface area contributed by atoms with Gasteiger partial charge in [-0.1, -0.05) is 0 Å². The van der Waals surface area contributed by atoms with Crippen LogP contribution in [-0.4, -0.2) is 53.9 Å². The maximum atomic E-state index is 12.3. The monoisotopic (exact) mass is 351 g/mol. The van der Waals surface area contributed by atoms with Gasteiger partial charge in [0.25, 0.3) is 0 Å². The standard InChI is InChI=1S/C17H21NO5S/c19-16(18-6-1-2-12(11-18)17(20)21)5-9-24-13-3-4-14-15(10-13)23-8-7-22-14/h3-4,10,12H,1-2,5-9,11H2,(H,20,21). The Morgan fingerprint density at radius 3 is 2.83 bits per heavy atom. The van der Waals surface area contributed by atoms with Gasteiger partial charge in [0, 0.05) is 30.2 Å². The van der Waals surface area contributed by atoms with Crippen molar-refractivity contribution in [3.05, 3.63) is 18.2 Å². The summed E-state index contributed by atoms with van der Waals surface area (Å²) in [4.78, 5) is 26.1. The van der Waals surface area contributed by atoms with Crippen molar-refractivity contribution < 1.29 is 24.2 Å². The molecule has 2 heterocycles. The molecule has 0 bridgehead atoms. The van der Waals surface area contributed by atoms with E-state index in [0.717, 1.165) is 22.8 Å². The predicted molar refractivity (Wildman–Crippen MR) is 89.7 cm³/mol. The molecule has 0 aliphatic carbocycles. The number of carbonyl (C=O) groups is 2. The number of rotatable bonds is 5. The quantitative estimate of drug-likeness (QED) is 0.820. The minimum Gasteiger partial charge on any atom is -0.486 e. The van der Waals surface area contributed by atoms with Crippen LogP contribution in [0.15, 0.2) is 23.1 Å². The van der Waals surface area contributed by atoms with Crippen LogP contribution in [0.25, 0.3) is 0 Å². The fourth-order valence-corrected chi connectivity index (χ4v) is 3.80. The number of piperidine rings is 1. The van der Waals surface area contributed by atoms with Gasteiger partial charge in [0.15, 0.2) is 11.5 Å². The Morgan fingerprint density at radius 2 is 2.04 bits per heavy atom. The van der Waals surface area contributed by atoms with E-state index in [1.165, 1.54) is 0 Å². The summed E-state index contributed by atoms with van der Waals surface area (Å²) < 4.78 is 11.0. The molecule has 1 aromatic carbocycles. The van der Waals surface area contributed by atoms with E-state index in [9.17, 15) is 9.59 Å². The highest BCUT2D eigenvalue weighted by molar-refractivity contribution is 7.99. The van der Waals surface area contributed by atoms with Crippen LogP contribution in [0.4, 0.5) is 0 Å². The van der Waals surface area contributed by atoms with Gasteiger partial charge in [-0.3, -0.25) is 9.59 Å². The molecule has 0 spiro atoms. The summed E-state index contributed by atoms with van der Waals surface area (Å²) in [6.45, 7) is 2.13. The van der Waals surface area contributed by atoms with Gasteiger partial charge in [-0.2, -0.15) is 0 Å². The maximum absolute atomic E-state index is 12.3. The van der Waals surface area contributed by atoms with Gasteiger partial charge >= 0.3 is 5.97 Å². The minimum atomic E-state index is -0.807. The predicted octanol–water partition coefficient (Wildman–Crippen LogP) is 2.26. The topological polar surface area (TPSA) is 76.1 Å². The van der Waals surface area contributed by atoms with Crippen molar-refractivity contribution >= 4 is 23.6 Å². The average molecular weight is 351 g/mol. The van der Waals surface area contributed by atoms with E-state index in [4.69, 9.17) is 14.6 Å². The molecular formula is C17H21NO5S. The van der Waals surface area contributed by atoms with Crippen molar-refractivity contribution in [2.75, 3.05) is 32.1 Å². The lowest BCUT2D eigenvalue weighted by Crippen LogP contribution is -2.42. The molecule has 3 rings (SSSR count). The molecule has 0 saturated carbocycles. The van der Waals surface area contributed by atoms with E-state index >= 15 is 0 Å². The molecule has 0 aromatic heterocycles. The number of amides is 1. The molecule has 6 nitrogen and oxygen atoms in total. The summed E-state index contributed by atoms with van der Waals surface area (Å²) in [7, 11) is 0. The lowest BCUT2D eigenvalue weighted by Gasteiger charge is -2.30. The third-order valence-corrected chi connectivity index (χ3v) is 5.22. The van der Waals surface area contributed by atoms with Crippen LogP contribution in [0.2, 0.25) is 0 Å². The second-order valence-electron chi connectivity index (χ2n) is 5.92. The number of thioether (sulfide) groups is 1. The van der Waals surface area contributed by atoms with Crippen LogP contribution in [0.5, 0.6) is 11.5 Å². The van der Waals surface area contributed by atoms with E-state index in [1.54, 1.807) is 16.7 Å². The Labute approximate surface area is 145 Å². The molecule has 1 N–H and O–H groups in total. The lowest BCUT2D eigenvalue weighted by molar-refractivity contribution is -0.145. The van der Waals surface area contributed by atoms with Gasteiger partial charge in [0.05, 0.1) is 5.92 Å². The van der Waals surface area contributed by atoms with Crippen molar-refractivity contribution in [2.45, 2.75) is 24.2 Å². The summed E-state index contributed by atoms with van der Waals surface area (Å²) in [5.41, 5.74) is 0. The van der Waals surface area contributed by atoms with E-state index < -0.39 is 11.9 Å². The van der Waals surface area contributed by atoms with Crippen molar-refractivity contribution in [3.8, 4) is 11.5 Å². The van der Waals surface area contributed by atoms with E-state index in [2.05, 4.69) is 0 Å². The summed E-state index contributed by atoms with van der Waals surface area (Å²) in [5.74, 6) is 0.970. The Balaban J connectivity index is 1.47. The number of hydrogen-bond donors (Lipinski definition) is 1. The smallest absolute Gasteiger partial charge is 0.308 e. The number of carbonyl (C=O) groups excluding carboxylic acids is 1. The van der Waals surface area contributed by atoms with Gasteiger partial charge in [0.1, 0.15) is 13.2 Å². The fraction of sp³-hybridized carbons (Fsp3) is 0.529. The zero-order valence-corrected chi connectivity index (χ0v) is 14.2. The summed E-state index contributed by atoms with van der Waals surface area (Å²) in [6.07, 6.45) is 1.83. The first-order chi connectivity index (χ1) is 11.6. The van der Waals surface area contributed by atoms with Gasteiger partial charge in [-0.15, -0.1) is 11.8 Å². The largest absolute Gasteiger partial charge is 0.486 e. The van der Waals surface area contributed by atoms with Gasteiger partial charge < -0.3 is 19.5 Å². The van der Waals surface area contributed by atoms with Gasteiger partial charge in [0.2, 0.25) is 5.91 Å². The summed E-state index contributed by atoms with van der Waals surface area (Å²) in [5, 5.41) is 9.10. The molecule has 1 atom stereocenters. The SMILES string of the molecule is O=C(O)C1CCCN(C(=O)CCSc2ccc3c(c2)OCCO3)C1. The molecule has 7 heteroatoms. The van der Waals surface area contributed by atoms with E-state index in [0.29, 0.717) is 44.9 Å². The van der Waals surface area contributed by atoms with E-state index in [-0.39, 0.29) is 5.91 Å². The highest BCUT2D eigenvalue weighted by Gasteiger charge is 2.27. The average Bonchev–Trinajstić information content (AvgIpc) is 2.61. The van der Waals surface area contributed by atoms with Crippen LogP contribution in [0.1, 0.15) is 19.3 Å². The number of likely N-dealkylation sites (tertiary alicyclic amines) is 1. The molecule has 2 aliphatic heterocycles. The van der Waals surface area contributed by atoms with Crippen molar-refractivity contribution in [1.82, 2.24) is 4.90 Å². The lowest BCUT2D eigenvalue weighted by atomic mass is 9.98. The fourth-order valence-electron chi connectivity index (χ4n) is 2.93. The molecule has 2 aliphatic rings. The Hall–Kier alpha value is -1.89. The Bertz CT molecular complexity index is 621. The zero-order valence-electron chi connectivity index (χ0n) is 13.4. The highest BCUT2D eigenvalue weighted by Crippen LogP contribution is 2.34. The second kappa shape index (κ2) is 7.79. The minimum absolute atomic E-state index is 0.0333. The molecule has 1 fully saturated rings. The van der Waals surface area contributed by atoms with Crippen molar-refractivity contribution in [1.29, 1.82) is 0 Å². The molecular weight excluding hydrogens is 330 g/mol. The Kier molecular flexibility index (Phi) is 5.50. The molecule has 1 aromatic rings. The van der Waals surface area contributed by atoms with Crippen LogP contribution in [-0.2, 0) is 9.59 Å². The number of ether oxygens (including phenoxy) is 2. The number of aliphatic carboxylic acids is 1. The molecule has 0 radical (unpaired) electrons. The van der Waals surface area contributed by atoms with Gasteiger partial charge in [-0.25, -0.2) is 0 Å². The van der Waals surface area contributed by atoms with Crippen LogP contribution >= 0.6 is 11.8 Å². The first kappa shape index (κ1) is 17.0. The maximum Gasteiger partial charge on any atom is 0.308 e. The van der Waals surface area contributed by atoms with Crippen molar-refractivity contribution in [2.24, 2.45) is 5.92 Å². The molecule has 1 unspecified atom stereocenters. The summed E-state index contributed by atoms with van der Waals surface area (Å²) in [6, 6.07) is 5.79. The van der Waals surface area contributed by atoms with E-state index in [1.807, 2.05) is 18.2 Å². The Morgan fingerprint density at radius 1 is 1.25 bits per heavy atom. The van der Waals surface area contributed by atoms with Crippen LogP contribution in [0, 0.1) is 5.92 Å². The summed E-state index contributed by atoms with van der Waals surface area (Å²) >= 11 is 1.59. The molecule has 130 valence electrons. The number of carboxylic acids is 1. The highest BCUT2D eigenvalue weighted by atomic mass is 32.2.